The van der Waals surface area contributed by atoms with Crippen molar-refractivity contribution in [2.45, 2.75) is 45.5 Å². The Bertz CT molecular complexity index is 551. The Hall–Kier alpha value is -1.85. The molecule has 6 atom stereocenters. The van der Waals surface area contributed by atoms with Crippen molar-refractivity contribution in [1.82, 2.24) is 0 Å². The van der Waals surface area contributed by atoms with E-state index in [1.54, 1.807) is 20.8 Å². The van der Waals surface area contributed by atoms with E-state index >= 15 is 0 Å². The molecule has 120 valence electrons. The minimum absolute atomic E-state index is 0.0647. The van der Waals surface area contributed by atoms with E-state index in [9.17, 15) is 14.4 Å². The third kappa shape index (κ3) is 2.12. The van der Waals surface area contributed by atoms with E-state index in [1.807, 2.05) is 0 Å². The first kappa shape index (κ1) is 15.1. The molecule has 3 fully saturated rings. The van der Waals surface area contributed by atoms with Crippen LogP contribution in [0.15, 0.2) is 12.2 Å². The van der Waals surface area contributed by atoms with Gasteiger partial charge in [0.15, 0.2) is 0 Å². The SMILES string of the molecule is C=C(C)C(=O)OC1C2CC3C1OC(=O)C3C2C(=O)OC(C)C. The molecule has 3 rings (SSSR count). The van der Waals surface area contributed by atoms with E-state index in [0.29, 0.717) is 6.42 Å². The maximum atomic E-state index is 12.4. The summed E-state index contributed by atoms with van der Waals surface area (Å²) in [7, 11) is 0. The van der Waals surface area contributed by atoms with E-state index < -0.39 is 36.0 Å². The molecule has 6 heteroatoms. The molecular formula is C16H20O6. The molecule has 6 unspecified atom stereocenters. The maximum Gasteiger partial charge on any atom is 0.333 e. The van der Waals surface area contributed by atoms with Gasteiger partial charge in [0.05, 0.1) is 17.9 Å². The van der Waals surface area contributed by atoms with Gasteiger partial charge in [-0.05, 0) is 27.2 Å². The maximum absolute atomic E-state index is 12.4. The normalized spacial score (nSPS) is 38.1. The molecule has 0 spiro atoms. The van der Waals surface area contributed by atoms with Crippen LogP contribution in [0.4, 0.5) is 0 Å². The lowest BCUT2D eigenvalue weighted by atomic mass is 9.78. The molecular weight excluding hydrogens is 288 g/mol. The second kappa shape index (κ2) is 5.11. The van der Waals surface area contributed by atoms with Gasteiger partial charge in [0.2, 0.25) is 0 Å². The summed E-state index contributed by atoms with van der Waals surface area (Å²) >= 11 is 0. The minimum Gasteiger partial charge on any atom is -0.463 e. The van der Waals surface area contributed by atoms with Crippen LogP contribution in [0.5, 0.6) is 0 Å². The summed E-state index contributed by atoms with van der Waals surface area (Å²) in [6.07, 6.45) is -0.626. The minimum atomic E-state index is -0.582. The summed E-state index contributed by atoms with van der Waals surface area (Å²) < 4.78 is 16.1. The Morgan fingerprint density at radius 3 is 2.59 bits per heavy atom. The molecule has 1 heterocycles. The zero-order chi connectivity index (χ0) is 16.2. The monoisotopic (exact) mass is 308 g/mol. The lowest BCUT2D eigenvalue weighted by Gasteiger charge is -2.30. The summed E-state index contributed by atoms with van der Waals surface area (Å²) in [6.45, 7) is 8.64. The van der Waals surface area contributed by atoms with E-state index in [1.165, 1.54) is 0 Å². The average molecular weight is 308 g/mol. The third-order valence-electron chi connectivity index (χ3n) is 4.76. The van der Waals surface area contributed by atoms with Crippen molar-refractivity contribution in [2.75, 3.05) is 0 Å². The fourth-order valence-corrected chi connectivity index (χ4v) is 4.00. The number of carbonyl (C=O) groups excluding carboxylic acids is 3. The number of hydrogen-bond acceptors (Lipinski definition) is 6. The smallest absolute Gasteiger partial charge is 0.333 e. The fraction of sp³-hybridized carbons (Fsp3) is 0.688. The van der Waals surface area contributed by atoms with Gasteiger partial charge in [-0.15, -0.1) is 0 Å². The Labute approximate surface area is 128 Å². The molecule has 0 radical (unpaired) electrons. The highest BCUT2D eigenvalue weighted by molar-refractivity contribution is 5.88. The molecule has 0 aromatic carbocycles. The van der Waals surface area contributed by atoms with Crippen LogP contribution in [0.1, 0.15) is 27.2 Å². The molecule has 2 saturated carbocycles. The van der Waals surface area contributed by atoms with Gasteiger partial charge in [-0.3, -0.25) is 9.59 Å². The number of hydrogen-bond donors (Lipinski definition) is 0. The Morgan fingerprint density at radius 2 is 2.00 bits per heavy atom. The van der Waals surface area contributed by atoms with Gasteiger partial charge in [-0.25, -0.2) is 4.79 Å². The molecule has 6 nitrogen and oxygen atoms in total. The van der Waals surface area contributed by atoms with Crippen molar-refractivity contribution in [3.05, 3.63) is 12.2 Å². The average Bonchev–Trinajstić information content (AvgIpc) is 3.00. The van der Waals surface area contributed by atoms with Gasteiger partial charge < -0.3 is 14.2 Å². The van der Waals surface area contributed by atoms with Crippen molar-refractivity contribution >= 4 is 17.9 Å². The first-order chi connectivity index (χ1) is 10.3. The van der Waals surface area contributed by atoms with Crippen LogP contribution in [0.25, 0.3) is 0 Å². The Morgan fingerprint density at radius 1 is 1.32 bits per heavy atom. The van der Waals surface area contributed by atoms with Gasteiger partial charge in [-0.2, -0.15) is 0 Å². The molecule has 0 aromatic rings. The van der Waals surface area contributed by atoms with Gasteiger partial charge in [0.1, 0.15) is 12.2 Å². The first-order valence-corrected chi connectivity index (χ1v) is 7.58. The quantitative estimate of drug-likeness (QED) is 0.441. The summed E-state index contributed by atoms with van der Waals surface area (Å²) in [6, 6.07) is 0. The lowest BCUT2D eigenvalue weighted by Crippen LogP contribution is -2.44. The predicted molar refractivity (Wildman–Crippen MR) is 74.4 cm³/mol. The predicted octanol–water partition coefficient (Wildman–Crippen LogP) is 1.23. The van der Waals surface area contributed by atoms with Gasteiger partial charge in [0.25, 0.3) is 0 Å². The summed E-state index contributed by atoms with van der Waals surface area (Å²) in [5.41, 5.74) is 0.282. The molecule has 1 saturated heterocycles. The molecule has 0 N–H and O–H groups in total. The largest absolute Gasteiger partial charge is 0.463 e. The number of ether oxygens (including phenoxy) is 3. The van der Waals surface area contributed by atoms with E-state index in [2.05, 4.69) is 6.58 Å². The second-order valence-corrected chi connectivity index (χ2v) is 6.65. The van der Waals surface area contributed by atoms with E-state index in [-0.39, 0.29) is 29.5 Å². The van der Waals surface area contributed by atoms with Gasteiger partial charge >= 0.3 is 17.9 Å². The molecule has 2 aliphatic carbocycles. The summed E-state index contributed by atoms with van der Waals surface area (Å²) in [5, 5.41) is 0. The standard InChI is InChI=1S/C16H20O6/c1-6(2)14(17)21-12-8-5-9-11(16(19)22-13(9)12)10(8)15(18)20-7(3)4/h7-13H,1,5H2,2-4H3. The molecule has 0 amide bonds. The highest BCUT2D eigenvalue weighted by atomic mass is 16.6. The van der Waals surface area contributed by atoms with Crippen molar-refractivity contribution in [1.29, 1.82) is 0 Å². The van der Waals surface area contributed by atoms with Crippen molar-refractivity contribution in [2.24, 2.45) is 23.7 Å². The lowest BCUT2D eigenvalue weighted by molar-refractivity contribution is -0.164. The molecule has 3 aliphatic rings. The fourth-order valence-electron chi connectivity index (χ4n) is 4.00. The summed E-state index contributed by atoms with van der Waals surface area (Å²) in [4.78, 5) is 36.2. The zero-order valence-electron chi connectivity index (χ0n) is 12.9. The molecule has 0 aromatic heterocycles. The van der Waals surface area contributed by atoms with Crippen LogP contribution in [-0.2, 0) is 28.6 Å². The molecule has 22 heavy (non-hydrogen) atoms. The number of rotatable bonds is 4. The highest BCUT2D eigenvalue weighted by Crippen LogP contribution is 2.59. The van der Waals surface area contributed by atoms with Crippen LogP contribution < -0.4 is 0 Å². The van der Waals surface area contributed by atoms with Crippen LogP contribution in [0.2, 0.25) is 0 Å². The van der Waals surface area contributed by atoms with Crippen molar-refractivity contribution in [3.8, 4) is 0 Å². The van der Waals surface area contributed by atoms with Crippen LogP contribution >= 0.6 is 0 Å². The number of carbonyl (C=O) groups is 3. The van der Waals surface area contributed by atoms with Gasteiger partial charge in [-0.1, -0.05) is 6.58 Å². The topological polar surface area (TPSA) is 78.9 Å². The second-order valence-electron chi connectivity index (χ2n) is 6.65. The molecule has 1 aliphatic heterocycles. The van der Waals surface area contributed by atoms with Crippen molar-refractivity contribution in [3.63, 3.8) is 0 Å². The summed E-state index contributed by atoms with van der Waals surface area (Å²) in [5.74, 6) is -2.62. The van der Waals surface area contributed by atoms with Crippen LogP contribution in [0.3, 0.4) is 0 Å². The van der Waals surface area contributed by atoms with E-state index in [4.69, 9.17) is 14.2 Å². The zero-order valence-corrected chi connectivity index (χ0v) is 12.9. The highest BCUT2D eigenvalue weighted by Gasteiger charge is 2.70. The number of esters is 3. The Balaban J connectivity index is 1.84. The van der Waals surface area contributed by atoms with Gasteiger partial charge in [0, 0.05) is 17.4 Å². The third-order valence-corrected chi connectivity index (χ3v) is 4.76. The van der Waals surface area contributed by atoms with Crippen molar-refractivity contribution < 1.29 is 28.6 Å². The molecule has 2 bridgehead atoms. The van der Waals surface area contributed by atoms with E-state index in [0.717, 1.165) is 0 Å². The Kier molecular flexibility index (Phi) is 3.50. The van der Waals surface area contributed by atoms with Crippen LogP contribution in [0, 0.1) is 23.7 Å². The number of fused-ring (bicyclic) bond motifs is 1. The van der Waals surface area contributed by atoms with Crippen LogP contribution in [-0.4, -0.2) is 36.2 Å². The first-order valence-electron chi connectivity index (χ1n) is 7.58.